The number of carbonyl (C=O) groups excluding carboxylic acids is 1. The van der Waals surface area contributed by atoms with Gasteiger partial charge in [0.15, 0.2) is 0 Å². The predicted octanol–water partition coefficient (Wildman–Crippen LogP) is 1.65. The van der Waals surface area contributed by atoms with E-state index in [9.17, 15) is 13.6 Å². The van der Waals surface area contributed by atoms with Crippen LogP contribution in [0.15, 0.2) is 24.5 Å². The fourth-order valence-corrected chi connectivity index (χ4v) is 1.70. The normalized spacial score (nSPS) is 12.2. The lowest BCUT2D eigenvalue weighted by Gasteiger charge is -2.12. The minimum absolute atomic E-state index is 0.164. The minimum Gasteiger partial charge on any atom is -0.322 e. The van der Waals surface area contributed by atoms with E-state index >= 15 is 0 Å². The van der Waals surface area contributed by atoms with E-state index in [1.54, 1.807) is 13.2 Å². The average molecular weight is 280 g/mol. The maximum atomic E-state index is 13.6. The number of aromatic nitrogens is 2. The fourth-order valence-electron chi connectivity index (χ4n) is 1.70. The third-order valence-corrected chi connectivity index (χ3v) is 2.87. The van der Waals surface area contributed by atoms with Crippen molar-refractivity contribution in [2.75, 3.05) is 5.32 Å². The van der Waals surface area contributed by atoms with Crippen LogP contribution in [0.25, 0.3) is 0 Å². The number of carbonyl (C=O) groups is 1. The predicted molar refractivity (Wildman–Crippen MR) is 69.9 cm³/mol. The molecule has 0 bridgehead atoms. The van der Waals surface area contributed by atoms with Crippen LogP contribution in [0.1, 0.15) is 17.2 Å². The van der Waals surface area contributed by atoms with Crippen LogP contribution in [0.4, 0.5) is 14.5 Å². The molecular weight excluding hydrogens is 266 g/mol. The number of anilines is 1. The van der Waals surface area contributed by atoms with Crippen molar-refractivity contribution in [1.82, 2.24) is 9.78 Å². The van der Waals surface area contributed by atoms with Gasteiger partial charge in [0.1, 0.15) is 17.7 Å². The summed E-state index contributed by atoms with van der Waals surface area (Å²) < 4.78 is 28.5. The number of nitrogens with one attached hydrogen (secondary N) is 1. The Morgan fingerprint density at radius 3 is 2.70 bits per heavy atom. The number of hydrogen-bond donors (Lipinski definition) is 2. The lowest BCUT2D eigenvalue weighted by atomic mass is 10.1. The Bertz CT molecular complexity index is 654. The quantitative estimate of drug-likeness (QED) is 0.897. The summed E-state index contributed by atoms with van der Waals surface area (Å²) in [7, 11) is 1.68. The molecule has 0 radical (unpaired) electrons. The number of amides is 1. The van der Waals surface area contributed by atoms with Crippen molar-refractivity contribution in [3.8, 4) is 0 Å². The van der Waals surface area contributed by atoms with Gasteiger partial charge in [-0.05, 0) is 18.6 Å². The van der Waals surface area contributed by atoms with Gasteiger partial charge >= 0.3 is 0 Å². The molecule has 0 fully saturated rings. The Kier molecular flexibility index (Phi) is 3.80. The second kappa shape index (κ2) is 5.38. The van der Waals surface area contributed by atoms with Gasteiger partial charge in [-0.1, -0.05) is 0 Å². The number of nitrogens with zero attached hydrogens (tertiary/aromatic N) is 2. The van der Waals surface area contributed by atoms with E-state index < -0.39 is 23.6 Å². The van der Waals surface area contributed by atoms with Crippen molar-refractivity contribution in [2.24, 2.45) is 12.8 Å². The van der Waals surface area contributed by atoms with Gasteiger partial charge < -0.3 is 11.1 Å². The second-order valence-electron chi connectivity index (χ2n) is 4.50. The summed E-state index contributed by atoms with van der Waals surface area (Å²) in [5.41, 5.74) is 6.15. The molecule has 2 aromatic rings. The summed E-state index contributed by atoms with van der Waals surface area (Å²) in [5.74, 6) is -1.95. The van der Waals surface area contributed by atoms with Crippen molar-refractivity contribution in [3.05, 3.63) is 47.3 Å². The first-order valence-corrected chi connectivity index (χ1v) is 5.89. The molecule has 106 valence electrons. The summed E-state index contributed by atoms with van der Waals surface area (Å²) in [5, 5.41) is 6.16. The Labute approximate surface area is 114 Å². The number of hydrogen-bond acceptors (Lipinski definition) is 3. The van der Waals surface area contributed by atoms with E-state index in [1.807, 2.05) is 0 Å². The van der Waals surface area contributed by atoms with Crippen molar-refractivity contribution in [2.45, 2.75) is 13.0 Å². The molecule has 0 aliphatic rings. The van der Waals surface area contributed by atoms with Crippen molar-refractivity contribution in [1.29, 1.82) is 0 Å². The standard InChI is InChI=1S/C13H14F2N4O/c1-7-3-10(15)11(4-9(7)14)18-13(20)12(16)8-5-17-19(2)6-8/h3-6,12H,16H2,1-2H3,(H,18,20). The van der Waals surface area contributed by atoms with E-state index in [4.69, 9.17) is 5.73 Å². The van der Waals surface area contributed by atoms with Gasteiger partial charge in [0.2, 0.25) is 5.91 Å². The largest absolute Gasteiger partial charge is 0.322 e. The van der Waals surface area contributed by atoms with E-state index in [0.717, 1.165) is 12.1 Å². The minimum atomic E-state index is -1.01. The van der Waals surface area contributed by atoms with Crippen LogP contribution in [0.3, 0.4) is 0 Å². The summed E-state index contributed by atoms with van der Waals surface area (Å²) in [4.78, 5) is 11.9. The highest BCUT2D eigenvalue weighted by Gasteiger charge is 2.19. The first-order chi connectivity index (χ1) is 9.38. The van der Waals surface area contributed by atoms with Crippen LogP contribution >= 0.6 is 0 Å². The Morgan fingerprint density at radius 1 is 1.40 bits per heavy atom. The van der Waals surface area contributed by atoms with E-state index in [0.29, 0.717) is 5.56 Å². The number of aryl methyl sites for hydroxylation is 2. The average Bonchev–Trinajstić information content (AvgIpc) is 2.81. The Balaban J connectivity index is 2.17. The number of halogens is 2. The lowest BCUT2D eigenvalue weighted by molar-refractivity contribution is -0.117. The van der Waals surface area contributed by atoms with Crippen LogP contribution in [0, 0.1) is 18.6 Å². The van der Waals surface area contributed by atoms with Crippen LogP contribution < -0.4 is 11.1 Å². The molecule has 0 saturated carbocycles. The topological polar surface area (TPSA) is 72.9 Å². The molecule has 5 nitrogen and oxygen atoms in total. The van der Waals surface area contributed by atoms with E-state index in [1.165, 1.54) is 17.8 Å². The van der Waals surface area contributed by atoms with Gasteiger partial charge in [-0.3, -0.25) is 9.48 Å². The molecule has 1 amide bonds. The van der Waals surface area contributed by atoms with Crippen molar-refractivity contribution < 1.29 is 13.6 Å². The van der Waals surface area contributed by atoms with Crippen LogP contribution in [-0.2, 0) is 11.8 Å². The zero-order valence-corrected chi connectivity index (χ0v) is 11.0. The molecule has 2 rings (SSSR count). The second-order valence-corrected chi connectivity index (χ2v) is 4.50. The molecule has 0 aliphatic carbocycles. The molecule has 7 heteroatoms. The Morgan fingerprint density at radius 2 is 2.10 bits per heavy atom. The first kappa shape index (κ1) is 14.1. The SMILES string of the molecule is Cc1cc(F)c(NC(=O)C(N)c2cnn(C)c2)cc1F. The smallest absolute Gasteiger partial charge is 0.246 e. The van der Waals surface area contributed by atoms with Gasteiger partial charge in [-0.15, -0.1) is 0 Å². The molecule has 1 aromatic carbocycles. The summed E-state index contributed by atoms with van der Waals surface area (Å²) in [6.07, 6.45) is 3.02. The maximum absolute atomic E-state index is 13.6. The zero-order valence-electron chi connectivity index (χ0n) is 11.0. The molecule has 1 unspecified atom stereocenters. The number of benzene rings is 1. The molecular formula is C13H14F2N4O. The number of rotatable bonds is 3. The lowest BCUT2D eigenvalue weighted by Crippen LogP contribution is -2.28. The third kappa shape index (κ3) is 2.83. The summed E-state index contributed by atoms with van der Waals surface area (Å²) in [6.45, 7) is 1.44. The molecule has 20 heavy (non-hydrogen) atoms. The highest BCUT2D eigenvalue weighted by Crippen LogP contribution is 2.20. The van der Waals surface area contributed by atoms with Gasteiger partial charge in [-0.2, -0.15) is 5.10 Å². The molecule has 1 aromatic heterocycles. The summed E-state index contributed by atoms with van der Waals surface area (Å²) in [6, 6.07) is 0.937. The van der Waals surface area contributed by atoms with E-state index in [-0.39, 0.29) is 11.3 Å². The molecule has 1 atom stereocenters. The first-order valence-electron chi connectivity index (χ1n) is 5.89. The molecule has 0 saturated heterocycles. The third-order valence-electron chi connectivity index (χ3n) is 2.87. The van der Waals surface area contributed by atoms with Gasteiger partial charge in [0.05, 0.1) is 11.9 Å². The van der Waals surface area contributed by atoms with Crippen LogP contribution in [0.5, 0.6) is 0 Å². The maximum Gasteiger partial charge on any atom is 0.246 e. The molecule has 0 aliphatic heterocycles. The fraction of sp³-hybridized carbons (Fsp3) is 0.231. The van der Waals surface area contributed by atoms with Crippen molar-refractivity contribution in [3.63, 3.8) is 0 Å². The highest BCUT2D eigenvalue weighted by atomic mass is 19.1. The van der Waals surface area contributed by atoms with Crippen molar-refractivity contribution >= 4 is 11.6 Å². The van der Waals surface area contributed by atoms with Crippen LogP contribution in [0.2, 0.25) is 0 Å². The van der Waals surface area contributed by atoms with Gasteiger partial charge in [-0.25, -0.2) is 8.78 Å². The zero-order chi connectivity index (χ0) is 14.9. The van der Waals surface area contributed by atoms with Gasteiger partial charge in [0, 0.05) is 24.9 Å². The molecule has 3 N–H and O–H groups in total. The van der Waals surface area contributed by atoms with Gasteiger partial charge in [0.25, 0.3) is 0 Å². The highest BCUT2D eigenvalue weighted by molar-refractivity contribution is 5.95. The van der Waals surface area contributed by atoms with Crippen LogP contribution in [-0.4, -0.2) is 15.7 Å². The van der Waals surface area contributed by atoms with E-state index in [2.05, 4.69) is 10.4 Å². The monoisotopic (exact) mass is 280 g/mol. The molecule has 1 heterocycles. The Hall–Kier alpha value is -2.28. The number of nitrogens with two attached hydrogens (primary N) is 1. The molecule has 0 spiro atoms. The summed E-state index contributed by atoms with van der Waals surface area (Å²) >= 11 is 0.